The first kappa shape index (κ1) is 11.6. The summed E-state index contributed by atoms with van der Waals surface area (Å²) < 4.78 is 39.5. The van der Waals surface area contributed by atoms with Crippen LogP contribution in [0.15, 0.2) is 16.7 Å². The molecule has 0 amide bonds. The van der Waals surface area contributed by atoms with Gasteiger partial charge in [-0.15, -0.1) is 24.8 Å². The van der Waals surface area contributed by atoms with Gasteiger partial charge in [-0.25, -0.2) is 4.98 Å². The summed E-state index contributed by atoms with van der Waals surface area (Å²) in [4.78, 5) is 3.42. The highest BCUT2D eigenvalue weighted by molar-refractivity contribution is 9.10. The molecule has 7 heteroatoms. The van der Waals surface area contributed by atoms with E-state index in [4.69, 9.17) is 11.6 Å². The summed E-state index contributed by atoms with van der Waals surface area (Å²) in [5.41, 5.74) is 0.487. The van der Waals surface area contributed by atoms with E-state index >= 15 is 0 Å². The minimum atomic E-state index is -4.73. The normalized spacial score (nSPS) is 11.5. The summed E-state index contributed by atoms with van der Waals surface area (Å²) in [6, 6.07) is 1.13. The number of hydrogen-bond donors (Lipinski definition) is 0. The van der Waals surface area contributed by atoms with Crippen molar-refractivity contribution >= 4 is 27.5 Å². The largest absolute Gasteiger partial charge is 0.574 e. The fourth-order valence-corrected chi connectivity index (χ4v) is 1.47. The maximum absolute atomic E-state index is 11.8. The molecule has 0 aliphatic carbocycles. The number of hydrogen-bond acceptors (Lipinski definition) is 2. The van der Waals surface area contributed by atoms with E-state index in [2.05, 4.69) is 25.7 Å². The molecule has 0 N–H and O–H groups in total. The van der Waals surface area contributed by atoms with E-state index in [-0.39, 0.29) is 5.88 Å². The zero-order chi connectivity index (χ0) is 10.8. The molecular formula is C7H4BrClF3NO. The fraction of sp³-hybridized carbons (Fsp3) is 0.286. The topological polar surface area (TPSA) is 22.1 Å². The first-order valence-corrected chi connectivity index (χ1v) is 4.71. The second kappa shape index (κ2) is 4.35. The molecule has 0 fully saturated rings. The monoisotopic (exact) mass is 289 g/mol. The van der Waals surface area contributed by atoms with E-state index in [9.17, 15) is 13.2 Å². The van der Waals surface area contributed by atoms with E-state index < -0.39 is 12.2 Å². The number of aromatic nitrogens is 1. The van der Waals surface area contributed by atoms with Crippen molar-refractivity contribution in [3.8, 4) is 5.88 Å². The second-order valence-electron chi connectivity index (χ2n) is 2.30. The molecule has 14 heavy (non-hydrogen) atoms. The lowest BCUT2D eigenvalue weighted by Crippen LogP contribution is -2.18. The summed E-state index contributed by atoms with van der Waals surface area (Å²) in [6.07, 6.45) is -3.52. The SMILES string of the molecule is FC(F)(F)Oc1cc(CCl)c(Br)cn1. The van der Waals surface area contributed by atoms with Crippen LogP contribution in [-0.2, 0) is 5.88 Å². The summed E-state index contributed by atoms with van der Waals surface area (Å²) in [5.74, 6) is -0.437. The number of nitrogens with zero attached hydrogens (tertiary/aromatic N) is 1. The van der Waals surface area contributed by atoms with Crippen molar-refractivity contribution in [3.63, 3.8) is 0 Å². The zero-order valence-electron chi connectivity index (χ0n) is 6.61. The molecule has 0 unspecified atom stereocenters. The molecule has 0 aliphatic rings. The van der Waals surface area contributed by atoms with Crippen LogP contribution in [0.4, 0.5) is 13.2 Å². The smallest absolute Gasteiger partial charge is 0.388 e. The van der Waals surface area contributed by atoms with Crippen LogP contribution in [0, 0.1) is 0 Å². The third kappa shape index (κ3) is 3.34. The number of halogens is 5. The molecule has 0 radical (unpaired) electrons. The van der Waals surface area contributed by atoms with Gasteiger partial charge in [0.05, 0.1) is 0 Å². The fourth-order valence-electron chi connectivity index (χ4n) is 0.735. The molecule has 2 nitrogen and oxygen atoms in total. The van der Waals surface area contributed by atoms with E-state index in [1.54, 1.807) is 0 Å². The van der Waals surface area contributed by atoms with Gasteiger partial charge < -0.3 is 4.74 Å². The molecule has 1 rings (SSSR count). The van der Waals surface area contributed by atoms with Crippen LogP contribution < -0.4 is 4.74 Å². The molecule has 0 saturated carbocycles. The Morgan fingerprint density at radius 2 is 2.14 bits per heavy atom. The van der Waals surface area contributed by atoms with Crippen molar-refractivity contribution in [2.45, 2.75) is 12.2 Å². The highest BCUT2D eigenvalue weighted by Crippen LogP contribution is 2.25. The van der Waals surface area contributed by atoms with E-state index in [1.165, 1.54) is 6.20 Å². The number of alkyl halides is 4. The number of pyridine rings is 1. The molecule has 0 saturated heterocycles. The highest BCUT2D eigenvalue weighted by atomic mass is 79.9. The number of rotatable bonds is 2. The first-order chi connectivity index (χ1) is 6.42. The number of ether oxygens (including phenoxy) is 1. The van der Waals surface area contributed by atoms with Crippen LogP contribution in [0.1, 0.15) is 5.56 Å². The van der Waals surface area contributed by atoms with Gasteiger partial charge in [-0.1, -0.05) is 0 Å². The quantitative estimate of drug-likeness (QED) is 0.778. The maximum Gasteiger partial charge on any atom is 0.574 e. The lowest BCUT2D eigenvalue weighted by Gasteiger charge is -2.08. The van der Waals surface area contributed by atoms with Gasteiger partial charge in [0.2, 0.25) is 5.88 Å². The minimum absolute atomic E-state index is 0.0807. The van der Waals surface area contributed by atoms with Gasteiger partial charge >= 0.3 is 6.36 Å². The minimum Gasteiger partial charge on any atom is -0.388 e. The molecule has 1 aromatic heterocycles. The Balaban J connectivity index is 2.90. The van der Waals surface area contributed by atoms with Crippen LogP contribution in [0.3, 0.4) is 0 Å². The molecule has 0 aromatic carbocycles. The van der Waals surface area contributed by atoms with Crippen LogP contribution in [0.5, 0.6) is 5.88 Å². The van der Waals surface area contributed by atoms with Crippen LogP contribution in [0.2, 0.25) is 0 Å². The third-order valence-corrected chi connectivity index (χ3v) is 2.28. The first-order valence-electron chi connectivity index (χ1n) is 3.38. The molecule has 78 valence electrons. The van der Waals surface area contributed by atoms with Crippen molar-refractivity contribution in [2.75, 3.05) is 0 Å². The summed E-state index contributed by atoms with van der Waals surface area (Å²) in [5, 5.41) is 0. The highest BCUT2D eigenvalue weighted by Gasteiger charge is 2.31. The van der Waals surface area contributed by atoms with Gasteiger partial charge in [0.25, 0.3) is 0 Å². The van der Waals surface area contributed by atoms with E-state index in [0.29, 0.717) is 10.0 Å². The van der Waals surface area contributed by atoms with Crippen LogP contribution in [0.25, 0.3) is 0 Å². The molecular weight excluding hydrogens is 286 g/mol. The predicted octanol–water partition coefficient (Wildman–Crippen LogP) is 3.48. The molecule has 0 spiro atoms. The zero-order valence-corrected chi connectivity index (χ0v) is 8.95. The van der Waals surface area contributed by atoms with Crippen molar-refractivity contribution in [2.24, 2.45) is 0 Å². The average Bonchev–Trinajstić information content (AvgIpc) is 2.06. The Bertz CT molecular complexity index is 331. The molecule has 1 heterocycles. The average molecular weight is 290 g/mol. The van der Waals surface area contributed by atoms with Gasteiger partial charge in [0, 0.05) is 22.6 Å². The molecule has 1 aromatic rings. The Kier molecular flexibility index (Phi) is 3.60. The summed E-state index contributed by atoms with van der Waals surface area (Å²) in [7, 11) is 0. The van der Waals surface area contributed by atoms with Gasteiger partial charge in [-0.3, -0.25) is 0 Å². The van der Waals surface area contributed by atoms with Crippen molar-refractivity contribution in [1.82, 2.24) is 4.98 Å². The van der Waals surface area contributed by atoms with E-state index in [0.717, 1.165) is 6.07 Å². The van der Waals surface area contributed by atoms with Crippen molar-refractivity contribution in [3.05, 3.63) is 22.3 Å². The Morgan fingerprint density at radius 1 is 1.50 bits per heavy atom. The van der Waals surface area contributed by atoms with Crippen molar-refractivity contribution in [1.29, 1.82) is 0 Å². The van der Waals surface area contributed by atoms with Gasteiger partial charge in [0.1, 0.15) is 0 Å². The van der Waals surface area contributed by atoms with Crippen LogP contribution >= 0.6 is 27.5 Å². The van der Waals surface area contributed by atoms with Gasteiger partial charge in [-0.2, -0.15) is 0 Å². The Morgan fingerprint density at radius 3 is 2.64 bits per heavy atom. The molecule has 0 bridgehead atoms. The lowest BCUT2D eigenvalue weighted by atomic mass is 10.3. The van der Waals surface area contributed by atoms with Crippen molar-refractivity contribution < 1.29 is 17.9 Å². The Labute approximate surface area is 91.2 Å². The third-order valence-electron chi connectivity index (χ3n) is 1.27. The lowest BCUT2D eigenvalue weighted by molar-refractivity contribution is -0.276. The molecule has 0 atom stereocenters. The van der Waals surface area contributed by atoms with Gasteiger partial charge in [-0.05, 0) is 21.5 Å². The standard InChI is InChI=1S/C7H4BrClF3NO/c8-5-3-13-6(1-4(5)2-9)14-7(10,11)12/h1,3H,2H2. The summed E-state index contributed by atoms with van der Waals surface area (Å²) in [6.45, 7) is 0. The van der Waals surface area contributed by atoms with Gasteiger partial charge in [0.15, 0.2) is 0 Å². The Hall–Kier alpha value is -0.490. The molecule has 0 aliphatic heterocycles. The summed E-state index contributed by atoms with van der Waals surface area (Å²) >= 11 is 8.57. The van der Waals surface area contributed by atoms with Crippen LogP contribution in [-0.4, -0.2) is 11.3 Å². The predicted molar refractivity (Wildman–Crippen MR) is 48.2 cm³/mol. The second-order valence-corrected chi connectivity index (χ2v) is 3.42. The van der Waals surface area contributed by atoms with E-state index in [1.807, 2.05) is 0 Å². The maximum atomic E-state index is 11.8.